The molecular formula is C13H9BrN2S. The summed E-state index contributed by atoms with van der Waals surface area (Å²) in [5.74, 6) is 0. The molecule has 0 radical (unpaired) electrons. The first-order chi connectivity index (χ1) is 8.22. The van der Waals surface area contributed by atoms with Gasteiger partial charge in [-0.3, -0.25) is 0 Å². The van der Waals surface area contributed by atoms with Crippen LogP contribution in [0.5, 0.6) is 0 Å². The van der Waals surface area contributed by atoms with E-state index in [0.717, 1.165) is 30.9 Å². The fourth-order valence-electron chi connectivity index (χ4n) is 1.69. The highest BCUT2D eigenvalue weighted by Gasteiger charge is 2.06. The van der Waals surface area contributed by atoms with Crippen LogP contribution in [0.1, 0.15) is 0 Å². The summed E-state index contributed by atoms with van der Waals surface area (Å²) in [6.45, 7) is 0. The Bertz CT molecular complexity index is 691. The smallest absolute Gasteiger partial charge is 0.124 e. The van der Waals surface area contributed by atoms with Gasteiger partial charge in [0.05, 0.1) is 10.2 Å². The van der Waals surface area contributed by atoms with Crippen LogP contribution in [0, 0.1) is 0 Å². The number of nitrogens with two attached hydrogens (primary N) is 1. The van der Waals surface area contributed by atoms with E-state index in [0.29, 0.717) is 0 Å². The van der Waals surface area contributed by atoms with Gasteiger partial charge in [0, 0.05) is 15.7 Å². The standard InChI is InChI=1S/C13H9BrN2S/c14-9-3-1-2-8(6-9)13-16-11-5-4-10(15)7-12(11)17-13/h1-7H,15H2. The number of nitrogen functional groups attached to an aromatic ring is 1. The number of aromatic nitrogens is 1. The number of hydrogen-bond acceptors (Lipinski definition) is 3. The number of anilines is 1. The Hall–Kier alpha value is -1.39. The van der Waals surface area contributed by atoms with E-state index >= 15 is 0 Å². The van der Waals surface area contributed by atoms with Gasteiger partial charge in [-0.1, -0.05) is 28.1 Å². The third-order valence-corrected chi connectivity index (χ3v) is 4.04. The molecule has 0 fully saturated rings. The van der Waals surface area contributed by atoms with Crippen molar-refractivity contribution in [2.24, 2.45) is 0 Å². The molecule has 1 heterocycles. The fourth-order valence-corrected chi connectivity index (χ4v) is 3.10. The van der Waals surface area contributed by atoms with Gasteiger partial charge in [-0.25, -0.2) is 4.98 Å². The lowest BCUT2D eigenvalue weighted by atomic mass is 10.2. The van der Waals surface area contributed by atoms with Gasteiger partial charge in [-0.15, -0.1) is 11.3 Å². The van der Waals surface area contributed by atoms with Crippen LogP contribution in [-0.2, 0) is 0 Å². The maximum Gasteiger partial charge on any atom is 0.124 e. The third-order valence-electron chi connectivity index (χ3n) is 2.48. The van der Waals surface area contributed by atoms with Gasteiger partial charge in [0.1, 0.15) is 5.01 Å². The molecule has 0 atom stereocenters. The summed E-state index contributed by atoms with van der Waals surface area (Å²) in [6, 6.07) is 14.0. The first-order valence-corrected chi connectivity index (χ1v) is 6.75. The monoisotopic (exact) mass is 304 g/mol. The molecule has 0 aliphatic rings. The number of thiazole rings is 1. The Kier molecular flexibility index (Phi) is 2.61. The Balaban J connectivity index is 2.18. The van der Waals surface area contributed by atoms with Crippen molar-refractivity contribution in [3.05, 3.63) is 46.9 Å². The molecular weight excluding hydrogens is 296 g/mol. The summed E-state index contributed by atoms with van der Waals surface area (Å²) in [7, 11) is 0. The quantitative estimate of drug-likeness (QED) is 0.680. The SMILES string of the molecule is Nc1ccc2nc(-c3cccc(Br)c3)sc2c1. The zero-order valence-corrected chi connectivity index (χ0v) is 11.3. The fraction of sp³-hybridized carbons (Fsp3) is 0. The van der Waals surface area contributed by atoms with Gasteiger partial charge in [-0.05, 0) is 30.3 Å². The Morgan fingerprint density at radius 3 is 2.82 bits per heavy atom. The van der Waals surface area contributed by atoms with Crippen LogP contribution in [0.15, 0.2) is 46.9 Å². The normalized spacial score (nSPS) is 10.9. The average molecular weight is 305 g/mol. The van der Waals surface area contributed by atoms with E-state index in [1.165, 1.54) is 0 Å². The van der Waals surface area contributed by atoms with Gasteiger partial charge in [0.15, 0.2) is 0 Å². The van der Waals surface area contributed by atoms with Crippen molar-refractivity contribution in [3.63, 3.8) is 0 Å². The minimum atomic E-state index is 0.780. The van der Waals surface area contributed by atoms with Crippen molar-refractivity contribution in [3.8, 4) is 10.6 Å². The van der Waals surface area contributed by atoms with Gasteiger partial charge in [-0.2, -0.15) is 0 Å². The Morgan fingerprint density at radius 2 is 2.00 bits per heavy atom. The minimum Gasteiger partial charge on any atom is -0.399 e. The molecule has 0 saturated heterocycles. The number of nitrogens with zero attached hydrogens (tertiary/aromatic N) is 1. The molecule has 0 bridgehead atoms. The first-order valence-electron chi connectivity index (χ1n) is 5.14. The average Bonchev–Trinajstić information content (AvgIpc) is 2.72. The predicted molar refractivity (Wildman–Crippen MR) is 77.2 cm³/mol. The van der Waals surface area contributed by atoms with Crippen LogP contribution in [0.2, 0.25) is 0 Å². The highest BCUT2D eigenvalue weighted by atomic mass is 79.9. The lowest BCUT2D eigenvalue weighted by Gasteiger charge is -1.95. The highest BCUT2D eigenvalue weighted by molar-refractivity contribution is 9.10. The van der Waals surface area contributed by atoms with Crippen molar-refractivity contribution in [1.82, 2.24) is 4.98 Å². The lowest BCUT2D eigenvalue weighted by molar-refractivity contribution is 1.47. The number of halogens is 1. The second kappa shape index (κ2) is 4.13. The first kappa shape index (κ1) is 10.7. The number of hydrogen-bond donors (Lipinski definition) is 1. The molecule has 0 saturated carbocycles. The molecule has 3 rings (SSSR count). The van der Waals surface area contributed by atoms with Crippen LogP contribution in [0.25, 0.3) is 20.8 Å². The summed E-state index contributed by atoms with van der Waals surface area (Å²) >= 11 is 5.13. The van der Waals surface area contributed by atoms with Gasteiger partial charge in [0.2, 0.25) is 0 Å². The molecule has 0 unspecified atom stereocenters. The van der Waals surface area contributed by atoms with E-state index in [2.05, 4.69) is 33.0 Å². The lowest BCUT2D eigenvalue weighted by Crippen LogP contribution is -1.81. The zero-order valence-electron chi connectivity index (χ0n) is 8.85. The maximum absolute atomic E-state index is 5.77. The highest BCUT2D eigenvalue weighted by Crippen LogP contribution is 2.32. The van der Waals surface area contributed by atoms with Gasteiger partial charge >= 0.3 is 0 Å². The molecule has 2 N–H and O–H groups in total. The predicted octanol–water partition coefficient (Wildman–Crippen LogP) is 4.31. The number of rotatable bonds is 1. The molecule has 84 valence electrons. The largest absolute Gasteiger partial charge is 0.399 e. The molecule has 0 aliphatic carbocycles. The van der Waals surface area contributed by atoms with Crippen molar-refractivity contribution in [2.45, 2.75) is 0 Å². The van der Waals surface area contributed by atoms with Crippen LogP contribution in [0.4, 0.5) is 5.69 Å². The Labute approximate surface area is 111 Å². The van der Waals surface area contributed by atoms with Gasteiger partial charge < -0.3 is 5.73 Å². The molecule has 1 aromatic heterocycles. The van der Waals surface area contributed by atoms with Crippen LogP contribution in [0.3, 0.4) is 0 Å². The summed E-state index contributed by atoms with van der Waals surface area (Å²) in [6.07, 6.45) is 0. The van der Waals surface area contributed by atoms with Crippen molar-refractivity contribution in [2.75, 3.05) is 5.73 Å². The topological polar surface area (TPSA) is 38.9 Å². The van der Waals surface area contributed by atoms with E-state index in [9.17, 15) is 0 Å². The van der Waals surface area contributed by atoms with Crippen molar-refractivity contribution in [1.29, 1.82) is 0 Å². The second-order valence-corrected chi connectivity index (χ2v) is 5.70. The number of benzene rings is 2. The van der Waals surface area contributed by atoms with E-state index in [1.807, 2.05) is 30.3 Å². The van der Waals surface area contributed by atoms with Gasteiger partial charge in [0.25, 0.3) is 0 Å². The summed E-state index contributed by atoms with van der Waals surface area (Å²) in [5, 5.41) is 1.02. The molecule has 2 aromatic carbocycles. The molecule has 0 spiro atoms. The zero-order chi connectivity index (χ0) is 11.8. The van der Waals surface area contributed by atoms with Crippen molar-refractivity contribution < 1.29 is 0 Å². The second-order valence-electron chi connectivity index (χ2n) is 3.76. The molecule has 0 amide bonds. The summed E-state index contributed by atoms with van der Waals surface area (Å²) < 4.78 is 2.19. The molecule has 2 nitrogen and oxygen atoms in total. The minimum absolute atomic E-state index is 0.780. The molecule has 4 heteroatoms. The van der Waals surface area contributed by atoms with E-state index < -0.39 is 0 Å². The van der Waals surface area contributed by atoms with Crippen LogP contribution < -0.4 is 5.73 Å². The van der Waals surface area contributed by atoms with Crippen molar-refractivity contribution >= 4 is 43.2 Å². The summed E-state index contributed by atoms with van der Waals surface area (Å²) in [5.41, 5.74) is 8.67. The van der Waals surface area contributed by atoms with Crippen LogP contribution in [-0.4, -0.2) is 4.98 Å². The summed E-state index contributed by atoms with van der Waals surface area (Å²) in [4.78, 5) is 4.61. The van der Waals surface area contributed by atoms with E-state index in [-0.39, 0.29) is 0 Å². The third kappa shape index (κ3) is 2.06. The molecule has 3 aromatic rings. The molecule has 17 heavy (non-hydrogen) atoms. The Morgan fingerprint density at radius 1 is 1.12 bits per heavy atom. The van der Waals surface area contributed by atoms with E-state index in [4.69, 9.17) is 5.73 Å². The number of fused-ring (bicyclic) bond motifs is 1. The van der Waals surface area contributed by atoms with E-state index in [1.54, 1.807) is 11.3 Å². The van der Waals surface area contributed by atoms with Crippen LogP contribution >= 0.6 is 27.3 Å². The maximum atomic E-state index is 5.77. The molecule has 0 aliphatic heterocycles.